The molecule has 1 aliphatic heterocycles. The number of rotatable bonds is 4. The van der Waals surface area contributed by atoms with Crippen LogP contribution in [0.25, 0.3) is 0 Å². The maximum Gasteiger partial charge on any atom is 0.243 e. The zero-order valence-corrected chi connectivity index (χ0v) is 12.2. The maximum absolute atomic E-state index is 13.4. The number of ether oxygens (including phenoxy) is 1. The van der Waals surface area contributed by atoms with E-state index < -0.39 is 15.8 Å². The molecule has 0 amide bonds. The van der Waals surface area contributed by atoms with Gasteiger partial charge in [0.2, 0.25) is 10.0 Å². The van der Waals surface area contributed by atoms with Crippen LogP contribution < -0.4 is 5.73 Å². The molecule has 1 fully saturated rings. The third kappa shape index (κ3) is 3.01. The number of piperidine rings is 1. The molecule has 0 saturated carbocycles. The van der Waals surface area contributed by atoms with Crippen molar-refractivity contribution in [2.45, 2.75) is 30.4 Å². The van der Waals surface area contributed by atoms with E-state index in [2.05, 4.69) is 0 Å². The molecule has 0 unspecified atom stereocenters. The molecule has 7 heteroatoms. The van der Waals surface area contributed by atoms with Crippen molar-refractivity contribution in [3.05, 3.63) is 29.6 Å². The number of benzene rings is 1. The van der Waals surface area contributed by atoms with E-state index in [4.69, 9.17) is 10.5 Å². The Balaban J connectivity index is 2.22. The summed E-state index contributed by atoms with van der Waals surface area (Å²) in [6, 6.07) is 3.75. The van der Waals surface area contributed by atoms with E-state index in [1.807, 2.05) is 0 Å². The van der Waals surface area contributed by atoms with Crippen LogP contribution in [-0.4, -0.2) is 39.0 Å². The molecule has 1 aromatic rings. The minimum atomic E-state index is -3.59. The highest BCUT2D eigenvalue weighted by Gasteiger charge is 2.29. The van der Waals surface area contributed by atoms with Crippen LogP contribution in [0.3, 0.4) is 0 Å². The number of hydrogen-bond acceptors (Lipinski definition) is 4. The summed E-state index contributed by atoms with van der Waals surface area (Å²) in [5, 5.41) is 0. The van der Waals surface area contributed by atoms with Crippen LogP contribution in [0.1, 0.15) is 18.4 Å². The van der Waals surface area contributed by atoms with Crippen LogP contribution in [0.5, 0.6) is 0 Å². The van der Waals surface area contributed by atoms with Crippen molar-refractivity contribution < 1.29 is 17.5 Å². The molecule has 1 heterocycles. The summed E-state index contributed by atoms with van der Waals surface area (Å²) in [4.78, 5) is 0.0928. The second-order valence-corrected chi connectivity index (χ2v) is 6.73. The maximum atomic E-state index is 13.4. The zero-order valence-electron chi connectivity index (χ0n) is 11.4. The van der Waals surface area contributed by atoms with E-state index in [0.29, 0.717) is 25.9 Å². The fourth-order valence-corrected chi connectivity index (χ4v) is 3.85. The van der Waals surface area contributed by atoms with E-state index in [-0.39, 0.29) is 23.1 Å². The Morgan fingerprint density at radius 2 is 2.05 bits per heavy atom. The smallest absolute Gasteiger partial charge is 0.243 e. The Morgan fingerprint density at radius 3 is 2.60 bits per heavy atom. The van der Waals surface area contributed by atoms with E-state index >= 15 is 0 Å². The molecular weight excluding hydrogens is 283 g/mol. The standard InChI is InChI=1S/C13H19FN2O3S/c1-19-11-4-6-16(7-5-11)20(17,18)12-2-3-13(14)10(8-12)9-15/h2-3,8,11H,4-7,9,15H2,1H3. The van der Waals surface area contributed by atoms with Crippen molar-refractivity contribution in [1.29, 1.82) is 0 Å². The molecular formula is C13H19FN2O3S. The molecule has 0 aromatic heterocycles. The van der Waals surface area contributed by atoms with Crippen molar-refractivity contribution in [2.75, 3.05) is 20.2 Å². The van der Waals surface area contributed by atoms with Crippen LogP contribution in [0.15, 0.2) is 23.1 Å². The highest BCUT2D eigenvalue weighted by Crippen LogP contribution is 2.23. The van der Waals surface area contributed by atoms with Gasteiger partial charge in [0.25, 0.3) is 0 Å². The molecule has 2 rings (SSSR count). The van der Waals surface area contributed by atoms with Crippen LogP contribution in [0.4, 0.5) is 4.39 Å². The minimum Gasteiger partial charge on any atom is -0.381 e. The molecule has 0 atom stereocenters. The molecule has 20 heavy (non-hydrogen) atoms. The van der Waals surface area contributed by atoms with Crippen LogP contribution in [0, 0.1) is 5.82 Å². The van der Waals surface area contributed by atoms with Gasteiger partial charge < -0.3 is 10.5 Å². The van der Waals surface area contributed by atoms with Gasteiger partial charge in [-0.2, -0.15) is 4.31 Å². The molecule has 5 nitrogen and oxygen atoms in total. The average molecular weight is 302 g/mol. The van der Waals surface area contributed by atoms with Gasteiger partial charge in [0.15, 0.2) is 0 Å². The molecule has 0 aliphatic carbocycles. The predicted octanol–water partition coefficient (Wildman–Crippen LogP) is 1.08. The van der Waals surface area contributed by atoms with Gasteiger partial charge in [-0.1, -0.05) is 0 Å². The summed E-state index contributed by atoms with van der Waals surface area (Å²) in [6.07, 6.45) is 1.44. The molecule has 2 N–H and O–H groups in total. The summed E-state index contributed by atoms with van der Waals surface area (Å²) in [6.45, 7) is 0.799. The lowest BCUT2D eigenvalue weighted by Crippen LogP contribution is -2.40. The molecule has 112 valence electrons. The van der Waals surface area contributed by atoms with Gasteiger partial charge >= 0.3 is 0 Å². The predicted molar refractivity (Wildman–Crippen MR) is 73.1 cm³/mol. The van der Waals surface area contributed by atoms with E-state index in [0.717, 1.165) is 6.07 Å². The Labute approximate surface area is 118 Å². The molecule has 0 bridgehead atoms. The van der Waals surface area contributed by atoms with Gasteiger partial charge in [0.05, 0.1) is 11.0 Å². The Kier molecular flexibility index (Phi) is 4.74. The average Bonchev–Trinajstić information content (AvgIpc) is 2.47. The largest absolute Gasteiger partial charge is 0.381 e. The summed E-state index contributed by atoms with van der Waals surface area (Å²) >= 11 is 0. The monoisotopic (exact) mass is 302 g/mol. The molecule has 1 aromatic carbocycles. The van der Waals surface area contributed by atoms with Gasteiger partial charge in [-0.25, -0.2) is 12.8 Å². The van der Waals surface area contributed by atoms with Crippen LogP contribution in [0.2, 0.25) is 0 Å². The summed E-state index contributed by atoms with van der Waals surface area (Å²) in [7, 11) is -1.96. The van der Waals surface area contributed by atoms with Crippen LogP contribution >= 0.6 is 0 Å². The Hall–Kier alpha value is -1.02. The van der Waals surface area contributed by atoms with Crippen molar-refractivity contribution in [3.63, 3.8) is 0 Å². The number of nitrogens with zero attached hydrogens (tertiary/aromatic N) is 1. The molecule has 0 spiro atoms. The lowest BCUT2D eigenvalue weighted by Gasteiger charge is -2.30. The van der Waals surface area contributed by atoms with Crippen LogP contribution in [-0.2, 0) is 21.3 Å². The number of methoxy groups -OCH3 is 1. The molecule has 1 saturated heterocycles. The minimum absolute atomic E-state index is 0.0268. The third-order valence-electron chi connectivity index (χ3n) is 3.61. The second-order valence-electron chi connectivity index (χ2n) is 4.80. The van der Waals surface area contributed by atoms with Gasteiger partial charge in [0, 0.05) is 32.3 Å². The second kappa shape index (κ2) is 6.17. The number of nitrogens with two attached hydrogens (primary N) is 1. The zero-order chi connectivity index (χ0) is 14.8. The van der Waals surface area contributed by atoms with Crippen molar-refractivity contribution >= 4 is 10.0 Å². The summed E-state index contributed by atoms with van der Waals surface area (Å²) in [5.74, 6) is -0.482. The number of halogens is 1. The van der Waals surface area contributed by atoms with E-state index in [1.54, 1.807) is 7.11 Å². The van der Waals surface area contributed by atoms with Crippen molar-refractivity contribution in [1.82, 2.24) is 4.31 Å². The molecule has 0 radical (unpaired) electrons. The first-order valence-electron chi connectivity index (χ1n) is 6.50. The first kappa shape index (κ1) is 15.4. The summed E-state index contributed by atoms with van der Waals surface area (Å²) in [5.41, 5.74) is 5.62. The first-order chi connectivity index (χ1) is 9.48. The van der Waals surface area contributed by atoms with Gasteiger partial charge in [-0.15, -0.1) is 0 Å². The van der Waals surface area contributed by atoms with E-state index in [9.17, 15) is 12.8 Å². The van der Waals surface area contributed by atoms with Gasteiger partial charge in [-0.05, 0) is 31.0 Å². The topological polar surface area (TPSA) is 72.6 Å². The normalized spacial score (nSPS) is 18.4. The van der Waals surface area contributed by atoms with Gasteiger partial charge in [-0.3, -0.25) is 0 Å². The fourth-order valence-electron chi connectivity index (χ4n) is 2.33. The fraction of sp³-hybridized carbons (Fsp3) is 0.538. The highest BCUT2D eigenvalue weighted by atomic mass is 32.2. The van der Waals surface area contributed by atoms with E-state index in [1.165, 1.54) is 16.4 Å². The number of hydrogen-bond donors (Lipinski definition) is 1. The SMILES string of the molecule is COC1CCN(S(=O)(=O)c2ccc(F)c(CN)c2)CC1. The van der Waals surface area contributed by atoms with Crippen molar-refractivity contribution in [2.24, 2.45) is 5.73 Å². The Morgan fingerprint density at radius 1 is 1.40 bits per heavy atom. The first-order valence-corrected chi connectivity index (χ1v) is 7.94. The lowest BCUT2D eigenvalue weighted by molar-refractivity contribution is 0.0604. The van der Waals surface area contributed by atoms with Crippen molar-refractivity contribution in [3.8, 4) is 0 Å². The highest BCUT2D eigenvalue weighted by molar-refractivity contribution is 7.89. The third-order valence-corrected chi connectivity index (χ3v) is 5.50. The lowest BCUT2D eigenvalue weighted by atomic mass is 10.1. The summed E-state index contributed by atoms with van der Waals surface area (Å²) < 4.78 is 45.0. The molecule has 1 aliphatic rings. The van der Waals surface area contributed by atoms with Gasteiger partial charge in [0.1, 0.15) is 5.82 Å². The number of sulfonamides is 1. The quantitative estimate of drug-likeness (QED) is 0.903. The Bertz CT molecular complexity index is 569.